The predicted octanol–water partition coefficient (Wildman–Crippen LogP) is 3.08. The van der Waals surface area contributed by atoms with Crippen molar-refractivity contribution < 1.29 is 19.4 Å². The second-order valence-corrected chi connectivity index (χ2v) is 6.09. The highest BCUT2D eigenvalue weighted by atomic mass is 16.6. The fourth-order valence-corrected chi connectivity index (χ4v) is 3.31. The first-order valence-corrected chi connectivity index (χ1v) is 7.85. The summed E-state index contributed by atoms with van der Waals surface area (Å²) < 4.78 is 5.27. The summed E-state index contributed by atoms with van der Waals surface area (Å²) in [6.07, 6.45) is 9.62. The Labute approximate surface area is 120 Å². The van der Waals surface area contributed by atoms with Gasteiger partial charge in [0.25, 0.3) is 0 Å². The first kappa shape index (κ1) is 15.1. The number of carbonyl (C=O) groups excluding carboxylic acids is 1. The van der Waals surface area contributed by atoms with E-state index in [9.17, 15) is 14.7 Å². The molecule has 0 heterocycles. The molecule has 1 amide bonds. The average molecular weight is 283 g/mol. The fraction of sp³-hybridized carbons (Fsp3) is 0.867. The normalized spacial score (nSPS) is 22.4. The summed E-state index contributed by atoms with van der Waals surface area (Å²) in [7, 11) is 0. The third kappa shape index (κ3) is 4.69. The number of hydrogen-bond donors (Lipinski definition) is 2. The average Bonchev–Trinajstić information content (AvgIpc) is 2.92. The molecule has 5 heteroatoms. The summed E-state index contributed by atoms with van der Waals surface area (Å²) in [5, 5.41) is 11.8. The lowest BCUT2D eigenvalue weighted by Crippen LogP contribution is -2.43. The van der Waals surface area contributed by atoms with E-state index < -0.39 is 18.1 Å². The smallest absolute Gasteiger partial charge is 0.408 e. The number of hydrogen-bond acceptors (Lipinski definition) is 3. The van der Waals surface area contributed by atoms with Crippen LogP contribution in [0.2, 0.25) is 0 Å². The van der Waals surface area contributed by atoms with Crippen molar-refractivity contribution in [3.05, 3.63) is 0 Å². The lowest BCUT2D eigenvalue weighted by atomic mass is 9.85. The van der Waals surface area contributed by atoms with Crippen LogP contribution in [0.5, 0.6) is 0 Å². The van der Waals surface area contributed by atoms with E-state index in [0.717, 1.165) is 38.5 Å². The van der Waals surface area contributed by atoms with E-state index >= 15 is 0 Å². The third-order valence-electron chi connectivity index (χ3n) is 4.46. The molecule has 2 N–H and O–H groups in total. The van der Waals surface area contributed by atoms with Crippen LogP contribution in [-0.2, 0) is 9.53 Å². The number of alkyl carbamates (subject to hydrolysis) is 1. The number of carbonyl (C=O) groups is 2. The second kappa shape index (κ2) is 7.50. The number of carboxylic acid groups (broad SMARTS) is 1. The van der Waals surface area contributed by atoms with Crippen LogP contribution in [0.15, 0.2) is 0 Å². The summed E-state index contributed by atoms with van der Waals surface area (Å²) >= 11 is 0. The highest BCUT2D eigenvalue weighted by Gasteiger charge is 2.27. The molecule has 0 bridgehead atoms. The van der Waals surface area contributed by atoms with Gasteiger partial charge < -0.3 is 15.2 Å². The standard InChI is InChI=1S/C15H25NO4/c17-14(18)13(10-11-6-2-1-3-7-11)16-15(19)20-12-8-4-5-9-12/h11-13H,1-10H2,(H,16,19)(H,17,18)/t13-/m1/s1. The Morgan fingerprint density at radius 2 is 1.65 bits per heavy atom. The van der Waals surface area contributed by atoms with Crippen LogP contribution in [0.1, 0.15) is 64.2 Å². The van der Waals surface area contributed by atoms with Crippen molar-refractivity contribution in [2.45, 2.75) is 76.4 Å². The monoisotopic (exact) mass is 283 g/mol. The Morgan fingerprint density at radius 3 is 2.25 bits per heavy atom. The summed E-state index contributed by atoms with van der Waals surface area (Å²) in [5.41, 5.74) is 0. The van der Waals surface area contributed by atoms with Gasteiger partial charge in [-0.25, -0.2) is 9.59 Å². The van der Waals surface area contributed by atoms with Crippen molar-refractivity contribution >= 4 is 12.1 Å². The molecule has 20 heavy (non-hydrogen) atoms. The number of rotatable bonds is 5. The third-order valence-corrected chi connectivity index (χ3v) is 4.46. The maximum atomic E-state index is 11.8. The highest BCUT2D eigenvalue weighted by molar-refractivity contribution is 5.79. The topological polar surface area (TPSA) is 75.6 Å². The van der Waals surface area contributed by atoms with Crippen LogP contribution in [0.4, 0.5) is 4.79 Å². The number of ether oxygens (including phenoxy) is 1. The molecule has 114 valence electrons. The van der Waals surface area contributed by atoms with E-state index in [1.165, 1.54) is 19.3 Å². The van der Waals surface area contributed by atoms with Gasteiger partial charge in [-0.05, 0) is 38.0 Å². The minimum atomic E-state index is -0.959. The van der Waals surface area contributed by atoms with Crippen molar-refractivity contribution in [2.75, 3.05) is 0 Å². The van der Waals surface area contributed by atoms with Gasteiger partial charge in [0.15, 0.2) is 0 Å². The number of aliphatic carboxylic acids is 1. The number of amides is 1. The predicted molar refractivity (Wildman–Crippen MR) is 74.5 cm³/mol. The molecule has 0 aliphatic heterocycles. The van der Waals surface area contributed by atoms with Gasteiger partial charge >= 0.3 is 12.1 Å². The van der Waals surface area contributed by atoms with Crippen molar-refractivity contribution in [3.8, 4) is 0 Å². The molecule has 5 nitrogen and oxygen atoms in total. The van der Waals surface area contributed by atoms with Crippen molar-refractivity contribution in [3.63, 3.8) is 0 Å². The molecule has 0 aromatic rings. The van der Waals surface area contributed by atoms with E-state index in [-0.39, 0.29) is 6.10 Å². The molecule has 0 aromatic heterocycles. The molecule has 0 spiro atoms. The number of nitrogens with one attached hydrogen (secondary N) is 1. The fourth-order valence-electron chi connectivity index (χ4n) is 3.31. The van der Waals surface area contributed by atoms with E-state index in [0.29, 0.717) is 12.3 Å². The lowest BCUT2D eigenvalue weighted by molar-refractivity contribution is -0.140. The quantitative estimate of drug-likeness (QED) is 0.813. The molecule has 0 radical (unpaired) electrons. The first-order chi connectivity index (χ1) is 9.65. The van der Waals surface area contributed by atoms with Crippen LogP contribution in [-0.4, -0.2) is 29.3 Å². The van der Waals surface area contributed by atoms with Gasteiger partial charge in [-0.15, -0.1) is 0 Å². The SMILES string of the molecule is O=C(N[C@H](CC1CCCCC1)C(=O)O)OC1CCCC1. The zero-order valence-corrected chi connectivity index (χ0v) is 12.0. The summed E-state index contributed by atoms with van der Waals surface area (Å²) in [5.74, 6) is -0.546. The largest absolute Gasteiger partial charge is 0.480 e. The second-order valence-electron chi connectivity index (χ2n) is 6.09. The highest BCUT2D eigenvalue weighted by Crippen LogP contribution is 2.27. The van der Waals surface area contributed by atoms with Gasteiger partial charge in [-0.1, -0.05) is 32.1 Å². The molecule has 0 saturated heterocycles. The summed E-state index contributed by atoms with van der Waals surface area (Å²) in [6.45, 7) is 0. The van der Waals surface area contributed by atoms with Crippen LogP contribution >= 0.6 is 0 Å². The van der Waals surface area contributed by atoms with Gasteiger partial charge in [-0.3, -0.25) is 0 Å². The van der Waals surface area contributed by atoms with Crippen LogP contribution in [0.3, 0.4) is 0 Å². The van der Waals surface area contributed by atoms with E-state index in [1.54, 1.807) is 0 Å². The molecule has 1 atom stereocenters. The maximum Gasteiger partial charge on any atom is 0.408 e. The molecule has 0 aromatic carbocycles. The van der Waals surface area contributed by atoms with E-state index in [2.05, 4.69) is 5.32 Å². The Kier molecular flexibility index (Phi) is 5.68. The number of carboxylic acids is 1. The van der Waals surface area contributed by atoms with E-state index in [4.69, 9.17) is 4.74 Å². The lowest BCUT2D eigenvalue weighted by Gasteiger charge is -2.25. The van der Waals surface area contributed by atoms with Crippen LogP contribution in [0, 0.1) is 5.92 Å². The molecular weight excluding hydrogens is 258 g/mol. The van der Waals surface area contributed by atoms with Crippen LogP contribution < -0.4 is 5.32 Å². The Hall–Kier alpha value is -1.26. The van der Waals surface area contributed by atoms with Gasteiger partial charge in [0.05, 0.1) is 0 Å². The van der Waals surface area contributed by atoms with Gasteiger partial charge in [0.2, 0.25) is 0 Å². The molecule has 2 aliphatic carbocycles. The molecule has 0 unspecified atom stereocenters. The Balaban J connectivity index is 1.78. The summed E-state index contributed by atoms with van der Waals surface area (Å²) in [4.78, 5) is 23.0. The van der Waals surface area contributed by atoms with Crippen molar-refractivity contribution in [1.82, 2.24) is 5.32 Å². The summed E-state index contributed by atoms with van der Waals surface area (Å²) in [6, 6.07) is -0.813. The van der Waals surface area contributed by atoms with Crippen LogP contribution in [0.25, 0.3) is 0 Å². The minimum Gasteiger partial charge on any atom is -0.480 e. The van der Waals surface area contributed by atoms with Crippen molar-refractivity contribution in [1.29, 1.82) is 0 Å². The van der Waals surface area contributed by atoms with Gasteiger partial charge in [0.1, 0.15) is 12.1 Å². The van der Waals surface area contributed by atoms with E-state index in [1.807, 2.05) is 0 Å². The zero-order valence-electron chi connectivity index (χ0n) is 12.0. The Bertz CT molecular complexity index is 333. The molecule has 2 aliphatic rings. The maximum absolute atomic E-state index is 11.8. The van der Waals surface area contributed by atoms with Gasteiger partial charge in [-0.2, -0.15) is 0 Å². The molecule has 2 fully saturated rings. The molecule has 2 rings (SSSR count). The molecule has 2 saturated carbocycles. The van der Waals surface area contributed by atoms with Gasteiger partial charge in [0, 0.05) is 0 Å². The van der Waals surface area contributed by atoms with Crippen molar-refractivity contribution in [2.24, 2.45) is 5.92 Å². The minimum absolute atomic E-state index is 0.0286. The first-order valence-electron chi connectivity index (χ1n) is 7.85. The zero-order chi connectivity index (χ0) is 14.4. The molecular formula is C15H25NO4. The Morgan fingerprint density at radius 1 is 1.05 bits per heavy atom.